The molecule has 0 bridgehead atoms. The Morgan fingerprint density at radius 1 is 1.20 bits per heavy atom. The van der Waals surface area contributed by atoms with Crippen LogP contribution in [0.2, 0.25) is 0 Å². The SMILES string of the molecule is NNC(c1cncc(F)c1)c1cccc(C2CCC2)c1. The highest BCUT2D eigenvalue weighted by molar-refractivity contribution is 5.35. The number of hydrazine groups is 1. The van der Waals surface area contributed by atoms with E-state index in [0.29, 0.717) is 5.92 Å². The first-order valence-corrected chi connectivity index (χ1v) is 6.94. The predicted octanol–water partition coefficient (Wildman–Crippen LogP) is 3.04. The smallest absolute Gasteiger partial charge is 0.141 e. The van der Waals surface area contributed by atoms with Crippen LogP contribution in [-0.4, -0.2) is 4.98 Å². The molecule has 0 spiro atoms. The standard InChI is InChI=1S/C16H18FN3/c17-15-8-14(9-19-10-15)16(20-18)13-6-2-5-12(7-13)11-3-1-4-11/h2,5-11,16,20H,1,3-4,18H2. The van der Waals surface area contributed by atoms with Crippen molar-refractivity contribution in [3.05, 3.63) is 65.2 Å². The van der Waals surface area contributed by atoms with Crippen LogP contribution in [0.25, 0.3) is 0 Å². The average molecular weight is 271 g/mol. The van der Waals surface area contributed by atoms with Gasteiger partial charge in [-0.1, -0.05) is 30.7 Å². The van der Waals surface area contributed by atoms with Crippen molar-refractivity contribution in [2.75, 3.05) is 0 Å². The summed E-state index contributed by atoms with van der Waals surface area (Å²) in [5.74, 6) is 5.98. The molecule has 0 amide bonds. The van der Waals surface area contributed by atoms with Crippen molar-refractivity contribution in [1.29, 1.82) is 0 Å². The summed E-state index contributed by atoms with van der Waals surface area (Å²) in [6.07, 6.45) is 6.66. The number of nitrogens with one attached hydrogen (secondary N) is 1. The molecule has 3 nitrogen and oxygen atoms in total. The molecular formula is C16H18FN3. The molecule has 1 aliphatic rings. The first kappa shape index (κ1) is 13.2. The van der Waals surface area contributed by atoms with Gasteiger partial charge in [0.2, 0.25) is 0 Å². The van der Waals surface area contributed by atoms with Crippen LogP contribution in [-0.2, 0) is 0 Å². The molecule has 1 aromatic carbocycles. The first-order chi connectivity index (χ1) is 9.78. The van der Waals surface area contributed by atoms with Gasteiger partial charge in [-0.2, -0.15) is 0 Å². The monoisotopic (exact) mass is 271 g/mol. The molecule has 1 saturated carbocycles. The summed E-state index contributed by atoms with van der Waals surface area (Å²) in [6.45, 7) is 0. The van der Waals surface area contributed by atoms with E-state index in [-0.39, 0.29) is 11.9 Å². The van der Waals surface area contributed by atoms with E-state index in [0.717, 1.165) is 11.1 Å². The fourth-order valence-corrected chi connectivity index (χ4v) is 2.71. The van der Waals surface area contributed by atoms with Gasteiger partial charge >= 0.3 is 0 Å². The highest BCUT2D eigenvalue weighted by Crippen LogP contribution is 2.37. The molecule has 20 heavy (non-hydrogen) atoms. The third-order valence-corrected chi connectivity index (χ3v) is 4.05. The molecule has 1 heterocycles. The van der Waals surface area contributed by atoms with E-state index in [9.17, 15) is 4.39 Å². The summed E-state index contributed by atoms with van der Waals surface area (Å²) in [7, 11) is 0. The molecular weight excluding hydrogens is 253 g/mol. The molecule has 0 radical (unpaired) electrons. The number of rotatable bonds is 4. The fourth-order valence-electron chi connectivity index (χ4n) is 2.71. The first-order valence-electron chi connectivity index (χ1n) is 6.94. The van der Waals surface area contributed by atoms with Gasteiger partial charge in [-0.3, -0.25) is 10.8 Å². The van der Waals surface area contributed by atoms with Gasteiger partial charge in [0.1, 0.15) is 5.82 Å². The maximum Gasteiger partial charge on any atom is 0.141 e. The third-order valence-electron chi connectivity index (χ3n) is 4.05. The normalized spacial score (nSPS) is 16.7. The van der Waals surface area contributed by atoms with Crippen molar-refractivity contribution in [3.63, 3.8) is 0 Å². The Morgan fingerprint density at radius 3 is 2.70 bits per heavy atom. The second-order valence-electron chi connectivity index (χ2n) is 5.33. The van der Waals surface area contributed by atoms with Crippen molar-refractivity contribution in [3.8, 4) is 0 Å². The Bertz CT molecular complexity index is 596. The third kappa shape index (κ3) is 2.57. The zero-order valence-corrected chi connectivity index (χ0v) is 11.2. The topological polar surface area (TPSA) is 50.9 Å². The zero-order valence-electron chi connectivity index (χ0n) is 11.2. The molecule has 0 saturated heterocycles. The van der Waals surface area contributed by atoms with Crippen LogP contribution in [0.4, 0.5) is 4.39 Å². The van der Waals surface area contributed by atoms with Gasteiger partial charge in [-0.15, -0.1) is 0 Å². The van der Waals surface area contributed by atoms with Gasteiger partial charge in [0.05, 0.1) is 12.2 Å². The lowest BCUT2D eigenvalue weighted by Gasteiger charge is -2.27. The molecule has 1 aliphatic carbocycles. The van der Waals surface area contributed by atoms with E-state index in [1.807, 2.05) is 12.1 Å². The van der Waals surface area contributed by atoms with Crippen LogP contribution in [0, 0.1) is 5.82 Å². The van der Waals surface area contributed by atoms with E-state index in [1.165, 1.54) is 37.1 Å². The molecule has 1 unspecified atom stereocenters. The van der Waals surface area contributed by atoms with E-state index >= 15 is 0 Å². The highest BCUT2D eigenvalue weighted by Gasteiger charge is 2.21. The molecule has 1 aromatic heterocycles. The van der Waals surface area contributed by atoms with Crippen molar-refractivity contribution in [2.24, 2.45) is 5.84 Å². The van der Waals surface area contributed by atoms with E-state index in [1.54, 1.807) is 6.20 Å². The summed E-state index contributed by atoms with van der Waals surface area (Å²) >= 11 is 0. The average Bonchev–Trinajstić information content (AvgIpc) is 2.38. The molecule has 3 N–H and O–H groups in total. The summed E-state index contributed by atoms with van der Waals surface area (Å²) in [5.41, 5.74) is 5.88. The Balaban J connectivity index is 1.92. The summed E-state index contributed by atoms with van der Waals surface area (Å²) < 4.78 is 13.3. The van der Waals surface area contributed by atoms with Crippen LogP contribution < -0.4 is 11.3 Å². The number of nitrogens with two attached hydrogens (primary N) is 1. The quantitative estimate of drug-likeness (QED) is 0.664. The van der Waals surface area contributed by atoms with Crippen molar-refractivity contribution in [2.45, 2.75) is 31.2 Å². The van der Waals surface area contributed by atoms with Crippen molar-refractivity contribution in [1.82, 2.24) is 10.4 Å². The predicted molar refractivity (Wildman–Crippen MR) is 76.4 cm³/mol. The second-order valence-corrected chi connectivity index (χ2v) is 5.33. The van der Waals surface area contributed by atoms with Crippen LogP contribution in [0.3, 0.4) is 0 Å². The Hall–Kier alpha value is -1.78. The van der Waals surface area contributed by atoms with Gasteiger partial charge in [0, 0.05) is 6.20 Å². The molecule has 2 aromatic rings. The number of hydrogen-bond donors (Lipinski definition) is 2. The number of benzene rings is 1. The van der Waals surface area contributed by atoms with Gasteiger partial charge in [0.15, 0.2) is 0 Å². The lowest BCUT2D eigenvalue weighted by Crippen LogP contribution is -2.29. The lowest BCUT2D eigenvalue weighted by atomic mass is 9.79. The molecule has 104 valence electrons. The van der Waals surface area contributed by atoms with Crippen LogP contribution in [0.15, 0.2) is 42.7 Å². The number of hydrogen-bond acceptors (Lipinski definition) is 3. The van der Waals surface area contributed by atoms with Crippen LogP contribution in [0.1, 0.15) is 47.9 Å². The number of aromatic nitrogens is 1. The minimum atomic E-state index is -0.349. The fraction of sp³-hybridized carbons (Fsp3) is 0.312. The van der Waals surface area contributed by atoms with Gasteiger partial charge in [-0.05, 0) is 41.5 Å². The molecule has 1 fully saturated rings. The van der Waals surface area contributed by atoms with Crippen molar-refractivity contribution >= 4 is 0 Å². The summed E-state index contributed by atoms with van der Waals surface area (Å²) in [4.78, 5) is 3.89. The molecule has 4 heteroatoms. The largest absolute Gasteiger partial charge is 0.271 e. The maximum absolute atomic E-state index is 13.3. The minimum Gasteiger partial charge on any atom is -0.271 e. The number of nitrogens with zero attached hydrogens (tertiary/aromatic N) is 1. The Kier molecular flexibility index (Phi) is 3.76. The van der Waals surface area contributed by atoms with E-state index in [2.05, 4.69) is 22.5 Å². The van der Waals surface area contributed by atoms with Crippen LogP contribution >= 0.6 is 0 Å². The molecule has 3 rings (SSSR count). The van der Waals surface area contributed by atoms with Gasteiger partial charge in [0.25, 0.3) is 0 Å². The summed E-state index contributed by atoms with van der Waals surface area (Å²) in [5, 5.41) is 0. The number of halogens is 1. The molecule has 1 atom stereocenters. The summed E-state index contributed by atoms with van der Waals surface area (Å²) in [6, 6.07) is 9.60. The van der Waals surface area contributed by atoms with Gasteiger partial charge in [-0.25, -0.2) is 9.82 Å². The van der Waals surface area contributed by atoms with E-state index in [4.69, 9.17) is 5.84 Å². The van der Waals surface area contributed by atoms with Gasteiger partial charge < -0.3 is 0 Å². The minimum absolute atomic E-state index is 0.238. The maximum atomic E-state index is 13.3. The second kappa shape index (κ2) is 5.69. The Labute approximate surface area is 118 Å². The molecule has 0 aliphatic heterocycles. The van der Waals surface area contributed by atoms with E-state index < -0.39 is 0 Å². The number of pyridine rings is 1. The van der Waals surface area contributed by atoms with Crippen molar-refractivity contribution < 1.29 is 4.39 Å². The van der Waals surface area contributed by atoms with Crippen LogP contribution in [0.5, 0.6) is 0 Å². The highest BCUT2D eigenvalue weighted by atomic mass is 19.1. The lowest BCUT2D eigenvalue weighted by molar-refractivity contribution is 0.419. The zero-order chi connectivity index (χ0) is 13.9. The Morgan fingerprint density at radius 2 is 2.05 bits per heavy atom.